The van der Waals surface area contributed by atoms with Crippen LogP contribution in [0.1, 0.15) is 44.9 Å². The van der Waals surface area contributed by atoms with Crippen LogP contribution in [0.5, 0.6) is 0 Å². The predicted molar refractivity (Wildman–Crippen MR) is 91.4 cm³/mol. The Bertz CT molecular complexity index is 546. The molecular weight excluding hydrogens is 290 g/mol. The zero-order valence-corrected chi connectivity index (χ0v) is 13.4. The number of nitrogens with one attached hydrogen (secondary N) is 3. The van der Waals surface area contributed by atoms with Gasteiger partial charge in [-0.25, -0.2) is 4.79 Å². The van der Waals surface area contributed by atoms with E-state index < -0.39 is 0 Å². The van der Waals surface area contributed by atoms with Crippen molar-refractivity contribution >= 4 is 23.3 Å². The van der Waals surface area contributed by atoms with E-state index in [0.29, 0.717) is 5.92 Å². The Balaban J connectivity index is 1.41. The van der Waals surface area contributed by atoms with Gasteiger partial charge in [-0.05, 0) is 55.9 Å². The van der Waals surface area contributed by atoms with Crippen LogP contribution in [0, 0.1) is 11.8 Å². The summed E-state index contributed by atoms with van der Waals surface area (Å²) in [6, 6.07) is 7.09. The Kier molecular flexibility index (Phi) is 5.16. The van der Waals surface area contributed by atoms with Gasteiger partial charge < -0.3 is 16.0 Å². The van der Waals surface area contributed by atoms with E-state index >= 15 is 0 Å². The minimum absolute atomic E-state index is 0.0935. The van der Waals surface area contributed by atoms with Crippen molar-refractivity contribution in [3.8, 4) is 0 Å². The van der Waals surface area contributed by atoms with Crippen LogP contribution < -0.4 is 16.0 Å². The number of urea groups is 1. The quantitative estimate of drug-likeness (QED) is 0.774. The summed E-state index contributed by atoms with van der Waals surface area (Å²) in [4.78, 5) is 23.6. The van der Waals surface area contributed by atoms with E-state index in [1.54, 1.807) is 0 Å². The summed E-state index contributed by atoms with van der Waals surface area (Å²) in [7, 11) is 0. The Morgan fingerprint density at radius 1 is 0.870 bits per heavy atom. The summed E-state index contributed by atoms with van der Waals surface area (Å²) < 4.78 is 0. The Morgan fingerprint density at radius 3 is 2.09 bits per heavy atom. The molecule has 2 aliphatic carbocycles. The molecule has 23 heavy (non-hydrogen) atoms. The molecule has 0 heterocycles. The minimum atomic E-state index is -0.162. The molecule has 5 nitrogen and oxygen atoms in total. The molecule has 0 aromatic heterocycles. The number of benzene rings is 1. The molecular formula is C18H25N3O2. The summed E-state index contributed by atoms with van der Waals surface area (Å²) in [6.45, 7) is 0.751. The molecule has 0 radical (unpaired) electrons. The third-order valence-corrected chi connectivity index (χ3v) is 4.63. The first-order valence-electron chi connectivity index (χ1n) is 8.66. The summed E-state index contributed by atoms with van der Waals surface area (Å²) in [5.41, 5.74) is 1.51. The van der Waals surface area contributed by atoms with Crippen molar-refractivity contribution in [2.75, 3.05) is 17.2 Å². The second kappa shape index (κ2) is 7.49. The lowest BCUT2D eigenvalue weighted by molar-refractivity contribution is -0.117. The normalized spacial score (nSPS) is 18.3. The molecule has 0 atom stereocenters. The molecule has 124 valence electrons. The Labute approximate surface area is 137 Å². The van der Waals surface area contributed by atoms with E-state index in [1.165, 1.54) is 32.1 Å². The number of rotatable bonds is 5. The number of anilines is 2. The van der Waals surface area contributed by atoms with Gasteiger partial charge in [0.25, 0.3) is 0 Å². The van der Waals surface area contributed by atoms with E-state index in [1.807, 2.05) is 24.3 Å². The first-order chi connectivity index (χ1) is 11.2. The van der Waals surface area contributed by atoms with Gasteiger partial charge in [-0.2, -0.15) is 0 Å². The maximum Gasteiger partial charge on any atom is 0.319 e. The van der Waals surface area contributed by atoms with E-state index in [4.69, 9.17) is 0 Å². The van der Waals surface area contributed by atoms with Crippen LogP contribution in [0.2, 0.25) is 0 Å². The molecule has 5 heteroatoms. The van der Waals surface area contributed by atoms with Gasteiger partial charge in [-0.3, -0.25) is 4.79 Å². The molecule has 1 aromatic carbocycles. The fraction of sp³-hybridized carbons (Fsp3) is 0.556. The molecule has 0 aliphatic heterocycles. The van der Waals surface area contributed by atoms with Gasteiger partial charge in [0.2, 0.25) is 5.91 Å². The number of hydrogen-bond donors (Lipinski definition) is 3. The fourth-order valence-electron chi connectivity index (χ4n) is 3.03. The highest BCUT2D eigenvalue weighted by Crippen LogP contribution is 2.30. The number of amides is 3. The molecule has 3 N–H and O–H groups in total. The van der Waals surface area contributed by atoms with Crippen LogP contribution in [0.25, 0.3) is 0 Å². The number of carbonyl (C=O) groups excluding carboxylic acids is 2. The lowest BCUT2D eigenvalue weighted by atomic mass is 9.89. The van der Waals surface area contributed by atoms with Crippen molar-refractivity contribution in [1.29, 1.82) is 0 Å². The van der Waals surface area contributed by atoms with Crippen molar-refractivity contribution in [3.63, 3.8) is 0 Å². The highest BCUT2D eigenvalue weighted by molar-refractivity contribution is 5.94. The van der Waals surface area contributed by atoms with Crippen LogP contribution >= 0.6 is 0 Å². The van der Waals surface area contributed by atoms with Gasteiger partial charge in [-0.1, -0.05) is 19.3 Å². The van der Waals surface area contributed by atoms with Crippen LogP contribution in [-0.4, -0.2) is 18.5 Å². The number of carbonyl (C=O) groups is 2. The molecule has 0 saturated heterocycles. The van der Waals surface area contributed by atoms with E-state index in [0.717, 1.165) is 30.8 Å². The lowest BCUT2D eigenvalue weighted by Gasteiger charge is -2.21. The average Bonchev–Trinajstić information content (AvgIpc) is 3.41. The van der Waals surface area contributed by atoms with Gasteiger partial charge in [-0.15, -0.1) is 0 Å². The maximum atomic E-state index is 11.9. The lowest BCUT2D eigenvalue weighted by Crippen LogP contribution is -2.33. The second-order valence-corrected chi connectivity index (χ2v) is 6.68. The average molecular weight is 315 g/mol. The zero-order valence-electron chi connectivity index (χ0n) is 13.4. The summed E-state index contributed by atoms with van der Waals surface area (Å²) in [6.07, 6.45) is 8.31. The van der Waals surface area contributed by atoms with E-state index in [-0.39, 0.29) is 17.9 Å². The van der Waals surface area contributed by atoms with Crippen molar-refractivity contribution < 1.29 is 9.59 Å². The van der Waals surface area contributed by atoms with Crippen molar-refractivity contribution in [1.82, 2.24) is 5.32 Å². The van der Waals surface area contributed by atoms with Gasteiger partial charge in [0, 0.05) is 23.8 Å². The fourth-order valence-corrected chi connectivity index (χ4v) is 3.03. The molecule has 0 spiro atoms. The molecule has 0 unspecified atom stereocenters. The minimum Gasteiger partial charge on any atom is -0.338 e. The van der Waals surface area contributed by atoms with Gasteiger partial charge >= 0.3 is 6.03 Å². The maximum absolute atomic E-state index is 11.9. The molecule has 3 amide bonds. The number of hydrogen-bond acceptors (Lipinski definition) is 2. The third-order valence-electron chi connectivity index (χ3n) is 4.63. The smallest absolute Gasteiger partial charge is 0.319 e. The van der Waals surface area contributed by atoms with E-state index in [2.05, 4.69) is 16.0 Å². The molecule has 2 fully saturated rings. The molecule has 3 rings (SSSR count). The first kappa shape index (κ1) is 15.8. The third kappa shape index (κ3) is 4.98. The monoisotopic (exact) mass is 315 g/mol. The highest BCUT2D eigenvalue weighted by Gasteiger charge is 2.29. The molecule has 2 aliphatic rings. The highest BCUT2D eigenvalue weighted by atomic mass is 16.2. The van der Waals surface area contributed by atoms with Crippen molar-refractivity contribution in [3.05, 3.63) is 24.3 Å². The predicted octanol–water partition coefficient (Wildman–Crippen LogP) is 3.74. The van der Waals surface area contributed by atoms with Gasteiger partial charge in [0.05, 0.1) is 0 Å². The van der Waals surface area contributed by atoms with Crippen LogP contribution in [-0.2, 0) is 4.79 Å². The standard InChI is InChI=1S/C18H25N3O2/c22-17(14-6-7-14)20-15-8-10-16(11-9-15)21-18(23)19-12-13-4-2-1-3-5-13/h8-11,13-14H,1-7,12H2,(H,20,22)(H2,19,21,23). The van der Waals surface area contributed by atoms with Gasteiger partial charge in [0.1, 0.15) is 0 Å². The molecule has 0 bridgehead atoms. The van der Waals surface area contributed by atoms with Gasteiger partial charge in [0.15, 0.2) is 0 Å². The summed E-state index contributed by atoms with van der Waals surface area (Å²) in [5, 5.41) is 8.67. The SMILES string of the molecule is O=C(NCC1CCCCC1)Nc1ccc(NC(=O)C2CC2)cc1. The summed E-state index contributed by atoms with van der Waals surface area (Å²) >= 11 is 0. The zero-order chi connectivity index (χ0) is 16.1. The van der Waals surface area contributed by atoms with Crippen molar-refractivity contribution in [2.24, 2.45) is 11.8 Å². The van der Waals surface area contributed by atoms with Crippen molar-refractivity contribution in [2.45, 2.75) is 44.9 Å². The van der Waals surface area contributed by atoms with Crippen LogP contribution in [0.15, 0.2) is 24.3 Å². The molecule has 1 aromatic rings. The molecule has 2 saturated carbocycles. The van der Waals surface area contributed by atoms with Crippen LogP contribution in [0.3, 0.4) is 0 Å². The second-order valence-electron chi connectivity index (χ2n) is 6.68. The topological polar surface area (TPSA) is 70.2 Å². The van der Waals surface area contributed by atoms with Crippen LogP contribution in [0.4, 0.5) is 16.2 Å². The Morgan fingerprint density at radius 2 is 1.48 bits per heavy atom. The largest absolute Gasteiger partial charge is 0.338 e. The Hall–Kier alpha value is -2.04. The van der Waals surface area contributed by atoms with E-state index in [9.17, 15) is 9.59 Å². The summed E-state index contributed by atoms with van der Waals surface area (Å²) in [5.74, 6) is 0.906. The first-order valence-corrected chi connectivity index (χ1v) is 8.66.